The van der Waals surface area contributed by atoms with Crippen molar-refractivity contribution in [2.24, 2.45) is 0 Å². The highest BCUT2D eigenvalue weighted by Crippen LogP contribution is 2.41. The molecular formula is C10H10F3N3O4. The van der Waals surface area contributed by atoms with E-state index in [0.717, 1.165) is 11.0 Å². The number of nitro benzene ring substituents is 1. The maximum Gasteiger partial charge on any atom is 0.418 e. The molecule has 1 amide bonds. The summed E-state index contributed by atoms with van der Waals surface area (Å²) in [6, 6.07) is 1.08. The minimum Gasteiger partial charge on any atom is -0.465 e. The van der Waals surface area contributed by atoms with Gasteiger partial charge in [0.1, 0.15) is 5.69 Å². The predicted octanol–water partition coefficient (Wildman–Crippen LogP) is 2.77. The summed E-state index contributed by atoms with van der Waals surface area (Å²) in [7, 11) is 2.61. The maximum atomic E-state index is 12.9. The quantitative estimate of drug-likeness (QED) is 0.660. The van der Waals surface area contributed by atoms with E-state index in [-0.39, 0.29) is 5.69 Å². The van der Waals surface area contributed by atoms with Crippen LogP contribution < -0.4 is 10.2 Å². The molecule has 1 rings (SSSR count). The van der Waals surface area contributed by atoms with Crippen LogP contribution in [0.1, 0.15) is 5.56 Å². The van der Waals surface area contributed by atoms with Gasteiger partial charge in [-0.3, -0.25) is 15.4 Å². The van der Waals surface area contributed by atoms with Gasteiger partial charge < -0.3 is 10.0 Å². The Kier molecular flexibility index (Phi) is 4.06. The number of anilines is 2. The first kappa shape index (κ1) is 15.5. The number of carboxylic acid groups (broad SMARTS) is 1. The largest absolute Gasteiger partial charge is 0.465 e. The number of rotatable bonds is 3. The molecule has 0 aromatic heterocycles. The minimum atomic E-state index is -4.80. The first-order valence-electron chi connectivity index (χ1n) is 5.11. The molecule has 0 aliphatic heterocycles. The number of nitro groups is 1. The van der Waals surface area contributed by atoms with Gasteiger partial charge in [0.25, 0.3) is 5.69 Å². The molecule has 0 radical (unpaired) electrons. The summed E-state index contributed by atoms with van der Waals surface area (Å²) in [6.07, 6.45) is -6.41. The van der Waals surface area contributed by atoms with Crippen LogP contribution in [0.15, 0.2) is 12.1 Å². The molecule has 0 fully saturated rings. The van der Waals surface area contributed by atoms with Crippen molar-refractivity contribution in [3.63, 3.8) is 0 Å². The summed E-state index contributed by atoms with van der Waals surface area (Å²) < 4.78 is 38.6. The zero-order valence-corrected chi connectivity index (χ0v) is 10.4. The molecule has 0 saturated heterocycles. The van der Waals surface area contributed by atoms with Crippen molar-refractivity contribution in [1.82, 2.24) is 0 Å². The number of nitrogens with zero attached hydrogens (tertiary/aromatic N) is 2. The number of amides is 1. The van der Waals surface area contributed by atoms with Crippen LogP contribution in [0.25, 0.3) is 0 Å². The summed E-state index contributed by atoms with van der Waals surface area (Å²) in [5.41, 5.74) is -3.10. The lowest BCUT2D eigenvalue weighted by molar-refractivity contribution is -0.384. The summed E-state index contributed by atoms with van der Waals surface area (Å²) in [5.74, 6) is 0. The topological polar surface area (TPSA) is 95.7 Å². The second-order valence-electron chi connectivity index (χ2n) is 3.97. The van der Waals surface area contributed by atoms with Crippen LogP contribution in [0.5, 0.6) is 0 Å². The van der Waals surface area contributed by atoms with Crippen LogP contribution >= 0.6 is 0 Å². The van der Waals surface area contributed by atoms with Crippen molar-refractivity contribution in [2.45, 2.75) is 6.18 Å². The average molecular weight is 293 g/mol. The molecule has 10 heteroatoms. The van der Waals surface area contributed by atoms with Crippen LogP contribution in [0, 0.1) is 10.1 Å². The Hall–Kier alpha value is -2.52. The Morgan fingerprint density at radius 1 is 1.40 bits per heavy atom. The number of hydrogen-bond donors (Lipinski definition) is 2. The van der Waals surface area contributed by atoms with Crippen molar-refractivity contribution >= 4 is 23.2 Å². The molecule has 1 aromatic rings. The van der Waals surface area contributed by atoms with Gasteiger partial charge in [-0.15, -0.1) is 0 Å². The number of carbonyl (C=O) groups is 1. The predicted molar refractivity (Wildman–Crippen MR) is 64.1 cm³/mol. The molecule has 20 heavy (non-hydrogen) atoms. The smallest absolute Gasteiger partial charge is 0.418 e. The van der Waals surface area contributed by atoms with Gasteiger partial charge >= 0.3 is 12.3 Å². The summed E-state index contributed by atoms with van der Waals surface area (Å²) in [4.78, 5) is 21.3. The molecule has 110 valence electrons. The molecule has 0 aliphatic rings. The first-order valence-corrected chi connectivity index (χ1v) is 5.11. The Labute approximate surface area is 110 Å². The second-order valence-corrected chi connectivity index (χ2v) is 3.97. The molecule has 1 aromatic carbocycles. The van der Waals surface area contributed by atoms with Gasteiger partial charge in [0.15, 0.2) is 0 Å². The molecule has 0 atom stereocenters. The highest BCUT2D eigenvalue weighted by atomic mass is 19.4. The third-order valence-corrected chi connectivity index (χ3v) is 2.34. The third kappa shape index (κ3) is 3.28. The van der Waals surface area contributed by atoms with Gasteiger partial charge in [-0.05, 0) is 6.07 Å². The Morgan fingerprint density at radius 3 is 2.30 bits per heavy atom. The fraction of sp³-hybridized carbons (Fsp3) is 0.300. The zero-order chi connectivity index (χ0) is 15.7. The van der Waals surface area contributed by atoms with Crippen molar-refractivity contribution in [3.05, 3.63) is 27.8 Å². The van der Waals surface area contributed by atoms with Crippen molar-refractivity contribution in [1.29, 1.82) is 0 Å². The van der Waals surface area contributed by atoms with Gasteiger partial charge in [0.2, 0.25) is 0 Å². The van der Waals surface area contributed by atoms with E-state index >= 15 is 0 Å². The highest BCUT2D eigenvalue weighted by Gasteiger charge is 2.37. The molecule has 7 nitrogen and oxygen atoms in total. The molecule has 2 N–H and O–H groups in total. The molecule has 0 aliphatic carbocycles. The van der Waals surface area contributed by atoms with Crippen LogP contribution in [0.2, 0.25) is 0 Å². The molecule has 0 unspecified atom stereocenters. The minimum absolute atomic E-state index is 0.306. The number of hydrogen-bond acceptors (Lipinski definition) is 4. The van der Waals surface area contributed by atoms with E-state index < -0.39 is 34.1 Å². The molecule has 0 saturated carbocycles. The van der Waals surface area contributed by atoms with Crippen molar-refractivity contribution < 1.29 is 28.0 Å². The van der Waals surface area contributed by atoms with Crippen LogP contribution in [0.4, 0.5) is 35.0 Å². The van der Waals surface area contributed by atoms with E-state index in [1.165, 1.54) is 14.1 Å². The molecule has 0 heterocycles. The van der Waals surface area contributed by atoms with Gasteiger partial charge in [-0.25, -0.2) is 4.79 Å². The summed E-state index contributed by atoms with van der Waals surface area (Å²) >= 11 is 0. The normalized spacial score (nSPS) is 11.1. The van der Waals surface area contributed by atoms with Gasteiger partial charge in [0, 0.05) is 20.2 Å². The Balaban J connectivity index is 3.59. The standard InChI is InChI=1S/C10H10F3N3O4/c1-15(2)7-4-6(14-9(17)18)8(16(19)20)3-5(7)10(11,12)13/h3-4,14H,1-2H3,(H,17,18). The zero-order valence-electron chi connectivity index (χ0n) is 10.4. The lowest BCUT2D eigenvalue weighted by atomic mass is 10.1. The van der Waals surface area contributed by atoms with Gasteiger partial charge in [-0.2, -0.15) is 13.2 Å². The van der Waals surface area contributed by atoms with E-state index in [0.29, 0.717) is 6.07 Å². The monoisotopic (exact) mass is 293 g/mol. The molecule has 0 spiro atoms. The highest BCUT2D eigenvalue weighted by molar-refractivity contribution is 5.88. The number of halogens is 3. The Bertz CT molecular complexity index is 557. The summed E-state index contributed by atoms with van der Waals surface area (Å²) in [6.45, 7) is 0. The van der Waals surface area contributed by atoms with Crippen molar-refractivity contribution in [2.75, 3.05) is 24.3 Å². The second kappa shape index (κ2) is 5.23. The molecular weight excluding hydrogens is 283 g/mol. The van der Waals surface area contributed by atoms with Gasteiger partial charge in [0.05, 0.1) is 16.2 Å². The van der Waals surface area contributed by atoms with E-state index in [4.69, 9.17) is 5.11 Å². The SMILES string of the molecule is CN(C)c1cc(NC(=O)O)c([N+](=O)[O-])cc1C(F)(F)F. The van der Waals surface area contributed by atoms with E-state index in [9.17, 15) is 28.1 Å². The fourth-order valence-electron chi connectivity index (χ4n) is 1.54. The van der Waals surface area contributed by atoms with E-state index in [1.807, 2.05) is 0 Å². The first-order chi connectivity index (χ1) is 9.04. The average Bonchev–Trinajstić information content (AvgIpc) is 2.25. The Morgan fingerprint density at radius 2 is 1.95 bits per heavy atom. The fourth-order valence-corrected chi connectivity index (χ4v) is 1.54. The van der Waals surface area contributed by atoms with E-state index in [1.54, 1.807) is 5.32 Å². The third-order valence-electron chi connectivity index (χ3n) is 2.34. The van der Waals surface area contributed by atoms with Crippen molar-refractivity contribution in [3.8, 4) is 0 Å². The maximum absolute atomic E-state index is 12.9. The number of nitrogens with one attached hydrogen (secondary N) is 1. The lowest BCUT2D eigenvalue weighted by Crippen LogP contribution is -2.18. The lowest BCUT2D eigenvalue weighted by Gasteiger charge is -2.20. The molecule has 0 bridgehead atoms. The van der Waals surface area contributed by atoms with Crippen LogP contribution in [-0.4, -0.2) is 30.2 Å². The van der Waals surface area contributed by atoms with Crippen LogP contribution in [-0.2, 0) is 6.18 Å². The number of alkyl halides is 3. The number of benzene rings is 1. The van der Waals surface area contributed by atoms with Crippen LogP contribution in [0.3, 0.4) is 0 Å². The van der Waals surface area contributed by atoms with Gasteiger partial charge in [-0.1, -0.05) is 0 Å². The van der Waals surface area contributed by atoms with E-state index in [2.05, 4.69) is 0 Å². The summed E-state index contributed by atoms with van der Waals surface area (Å²) in [5, 5.41) is 21.0.